The minimum atomic E-state index is -0.0154. The number of hydrogen-bond donors (Lipinski definition) is 1. The second kappa shape index (κ2) is 8.49. The van der Waals surface area contributed by atoms with Crippen LogP contribution in [0.25, 0.3) is 0 Å². The highest BCUT2D eigenvalue weighted by molar-refractivity contribution is 6.42. The van der Waals surface area contributed by atoms with Crippen LogP contribution in [0.5, 0.6) is 0 Å². The topological polar surface area (TPSA) is 52.7 Å². The summed E-state index contributed by atoms with van der Waals surface area (Å²) in [6.45, 7) is 4.52. The van der Waals surface area contributed by atoms with E-state index >= 15 is 0 Å². The lowest BCUT2D eigenvalue weighted by molar-refractivity contribution is -0.137. The van der Waals surface area contributed by atoms with Gasteiger partial charge in [0.25, 0.3) is 0 Å². The van der Waals surface area contributed by atoms with Gasteiger partial charge in [-0.1, -0.05) is 29.6 Å². The summed E-state index contributed by atoms with van der Waals surface area (Å²) >= 11 is 12.1. The van der Waals surface area contributed by atoms with Gasteiger partial charge < -0.3 is 15.1 Å². The first-order valence-corrected chi connectivity index (χ1v) is 9.95. The summed E-state index contributed by atoms with van der Waals surface area (Å²) in [7, 11) is 0. The fourth-order valence-corrected chi connectivity index (χ4v) is 4.25. The SMILES string of the molecule is CC(=O)N[C@@H]1CCC[C@H](C(=O)N2CCN(c3ccc(Cl)c(Cl)c3)CC2)C1. The van der Waals surface area contributed by atoms with Gasteiger partial charge in [-0.15, -0.1) is 0 Å². The summed E-state index contributed by atoms with van der Waals surface area (Å²) in [4.78, 5) is 28.4. The third-order valence-corrected chi connectivity index (χ3v) is 6.03. The Labute approximate surface area is 164 Å². The Morgan fingerprint density at radius 2 is 1.81 bits per heavy atom. The second-order valence-corrected chi connectivity index (χ2v) is 7.99. The van der Waals surface area contributed by atoms with E-state index < -0.39 is 0 Å². The molecule has 1 N–H and O–H groups in total. The van der Waals surface area contributed by atoms with Gasteiger partial charge in [0.1, 0.15) is 0 Å². The van der Waals surface area contributed by atoms with E-state index in [0.29, 0.717) is 23.1 Å². The van der Waals surface area contributed by atoms with Gasteiger partial charge >= 0.3 is 0 Å². The highest BCUT2D eigenvalue weighted by Crippen LogP contribution is 2.29. The molecule has 26 heavy (non-hydrogen) atoms. The molecule has 1 aromatic rings. The van der Waals surface area contributed by atoms with Gasteiger partial charge in [0, 0.05) is 50.7 Å². The molecule has 0 unspecified atom stereocenters. The zero-order valence-corrected chi connectivity index (χ0v) is 16.5. The van der Waals surface area contributed by atoms with E-state index in [0.717, 1.165) is 44.5 Å². The highest BCUT2D eigenvalue weighted by Gasteiger charge is 2.32. The molecule has 2 fully saturated rings. The number of nitrogens with one attached hydrogen (secondary N) is 1. The van der Waals surface area contributed by atoms with Gasteiger partial charge in [-0.05, 0) is 37.5 Å². The average molecular weight is 398 g/mol. The van der Waals surface area contributed by atoms with Crippen LogP contribution in [0.1, 0.15) is 32.6 Å². The smallest absolute Gasteiger partial charge is 0.225 e. The van der Waals surface area contributed by atoms with Crippen LogP contribution in [0.2, 0.25) is 10.0 Å². The molecule has 0 aromatic heterocycles. The number of hydrogen-bond acceptors (Lipinski definition) is 3. The zero-order valence-electron chi connectivity index (χ0n) is 15.0. The molecule has 1 saturated carbocycles. The summed E-state index contributed by atoms with van der Waals surface area (Å²) in [6, 6.07) is 5.78. The van der Waals surface area contributed by atoms with Crippen molar-refractivity contribution >= 4 is 40.7 Å². The molecule has 0 spiro atoms. The van der Waals surface area contributed by atoms with Crippen LogP contribution in [-0.2, 0) is 9.59 Å². The van der Waals surface area contributed by atoms with Gasteiger partial charge in [-0.3, -0.25) is 9.59 Å². The van der Waals surface area contributed by atoms with E-state index in [2.05, 4.69) is 10.2 Å². The van der Waals surface area contributed by atoms with Gasteiger partial charge in [-0.2, -0.15) is 0 Å². The molecular weight excluding hydrogens is 373 g/mol. The summed E-state index contributed by atoms with van der Waals surface area (Å²) in [5.41, 5.74) is 1.04. The van der Waals surface area contributed by atoms with E-state index in [1.54, 1.807) is 6.07 Å². The second-order valence-electron chi connectivity index (χ2n) is 7.17. The van der Waals surface area contributed by atoms with Crippen LogP contribution in [-0.4, -0.2) is 48.9 Å². The number of carbonyl (C=O) groups is 2. The number of carbonyl (C=O) groups excluding carboxylic acids is 2. The minimum absolute atomic E-state index is 0.0154. The van der Waals surface area contributed by atoms with Gasteiger partial charge in [0.2, 0.25) is 11.8 Å². The van der Waals surface area contributed by atoms with Crippen LogP contribution >= 0.6 is 23.2 Å². The first-order valence-electron chi connectivity index (χ1n) is 9.20. The van der Waals surface area contributed by atoms with Crippen LogP contribution in [0, 0.1) is 5.92 Å². The highest BCUT2D eigenvalue weighted by atomic mass is 35.5. The third-order valence-electron chi connectivity index (χ3n) is 5.29. The average Bonchev–Trinajstić information content (AvgIpc) is 2.63. The molecule has 1 heterocycles. The number of amides is 2. The Balaban J connectivity index is 1.54. The predicted octanol–water partition coefficient (Wildman–Crippen LogP) is 3.34. The largest absolute Gasteiger partial charge is 0.368 e. The lowest BCUT2D eigenvalue weighted by atomic mass is 9.84. The van der Waals surface area contributed by atoms with Crippen LogP contribution in [0.4, 0.5) is 5.69 Å². The molecule has 1 saturated heterocycles. The van der Waals surface area contributed by atoms with Crippen LogP contribution in [0.15, 0.2) is 18.2 Å². The van der Waals surface area contributed by atoms with E-state index in [1.807, 2.05) is 17.0 Å². The van der Waals surface area contributed by atoms with E-state index in [4.69, 9.17) is 23.2 Å². The Morgan fingerprint density at radius 1 is 1.08 bits per heavy atom. The van der Waals surface area contributed by atoms with Crippen LogP contribution < -0.4 is 10.2 Å². The molecule has 2 amide bonds. The number of rotatable bonds is 3. The number of piperazine rings is 1. The normalized spacial score (nSPS) is 23.7. The standard InChI is InChI=1S/C19H25Cl2N3O2/c1-13(25)22-15-4-2-3-14(11-15)19(26)24-9-7-23(8-10-24)16-5-6-17(20)18(21)12-16/h5-6,12,14-15H,2-4,7-11H2,1H3,(H,22,25)/t14-,15+/m0/s1. The molecule has 5 nitrogen and oxygen atoms in total. The van der Waals surface area contributed by atoms with Crippen LogP contribution in [0.3, 0.4) is 0 Å². The molecule has 3 rings (SSSR count). The molecular formula is C19H25Cl2N3O2. The maximum Gasteiger partial charge on any atom is 0.225 e. The minimum Gasteiger partial charge on any atom is -0.368 e. The monoisotopic (exact) mass is 397 g/mol. The molecule has 142 valence electrons. The van der Waals surface area contributed by atoms with Crippen molar-refractivity contribution in [2.45, 2.75) is 38.6 Å². The maximum atomic E-state index is 12.9. The summed E-state index contributed by atoms with van der Waals surface area (Å²) in [5.74, 6) is 0.240. The van der Waals surface area contributed by atoms with E-state index in [-0.39, 0.29) is 23.8 Å². The third kappa shape index (κ3) is 4.63. The molecule has 7 heteroatoms. The van der Waals surface area contributed by atoms with Crippen molar-refractivity contribution in [3.63, 3.8) is 0 Å². The molecule has 1 aliphatic heterocycles. The molecule has 2 aliphatic rings. The number of anilines is 1. The summed E-state index contributed by atoms with van der Waals surface area (Å²) in [6.07, 6.45) is 3.63. The zero-order chi connectivity index (χ0) is 18.7. The Hall–Kier alpha value is -1.46. The molecule has 1 aromatic carbocycles. The Bertz CT molecular complexity index is 675. The van der Waals surface area contributed by atoms with E-state index in [1.165, 1.54) is 6.92 Å². The molecule has 1 aliphatic carbocycles. The Morgan fingerprint density at radius 3 is 2.46 bits per heavy atom. The van der Waals surface area contributed by atoms with Crippen molar-refractivity contribution in [3.8, 4) is 0 Å². The van der Waals surface area contributed by atoms with Crippen molar-refractivity contribution < 1.29 is 9.59 Å². The van der Waals surface area contributed by atoms with Gasteiger partial charge in [0.05, 0.1) is 10.0 Å². The lowest BCUT2D eigenvalue weighted by Gasteiger charge is -2.39. The van der Waals surface area contributed by atoms with Crippen molar-refractivity contribution in [2.24, 2.45) is 5.92 Å². The van der Waals surface area contributed by atoms with Crippen molar-refractivity contribution in [1.29, 1.82) is 0 Å². The van der Waals surface area contributed by atoms with Gasteiger partial charge in [-0.25, -0.2) is 0 Å². The lowest BCUT2D eigenvalue weighted by Crippen LogP contribution is -2.51. The van der Waals surface area contributed by atoms with Crippen molar-refractivity contribution in [3.05, 3.63) is 28.2 Å². The van der Waals surface area contributed by atoms with Gasteiger partial charge in [0.15, 0.2) is 0 Å². The quantitative estimate of drug-likeness (QED) is 0.850. The van der Waals surface area contributed by atoms with Crippen molar-refractivity contribution in [2.75, 3.05) is 31.1 Å². The summed E-state index contributed by atoms with van der Waals surface area (Å²) < 4.78 is 0. The Kier molecular flexibility index (Phi) is 6.30. The fraction of sp³-hybridized carbons (Fsp3) is 0.579. The molecule has 2 atom stereocenters. The fourth-order valence-electron chi connectivity index (χ4n) is 3.96. The number of nitrogens with zero attached hydrogens (tertiary/aromatic N) is 2. The summed E-state index contributed by atoms with van der Waals surface area (Å²) in [5, 5.41) is 4.07. The maximum absolute atomic E-state index is 12.9. The first-order chi connectivity index (χ1) is 12.4. The predicted molar refractivity (Wildman–Crippen MR) is 105 cm³/mol. The first kappa shape index (κ1) is 19.3. The number of halogens is 2. The van der Waals surface area contributed by atoms with Crippen molar-refractivity contribution in [1.82, 2.24) is 10.2 Å². The number of benzene rings is 1. The van der Waals surface area contributed by atoms with E-state index in [9.17, 15) is 9.59 Å². The molecule has 0 bridgehead atoms. The molecule has 0 radical (unpaired) electrons.